The van der Waals surface area contributed by atoms with Crippen LogP contribution in [0.4, 0.5) is 5.69 Å². The Balaban J connectivity index is 2.09. The van der Waals surface area contributed by atoms with Gasteiger partial charge in [0, 0.05) is 22.6 Å². The minimum atomic E-state index is -0.601. The molecule has 0 fully saturated rings. The van der Waals surface area contributed by atoms with Crippen LogP contribution in [0.5, 0.6) is 0 Å². The first-order valence-electron chi connectivity index (χ1n) is 6.86. The quantitative estimate of drug-likeness (QED) is 0.640. The number of carbonyl (C=O) groups is 2. The number of amides is 2. The van der Waals surface area contributed by atoms with Gasteiger partial charge >= 0.3 is 0 Å². The number of H-pyrrole nitrogens is 1. The Kier molecular flexibility index (Phi) is 4.16. The average Bonchev–Trinajstić information content (AvgIpc) is 2.80. The highest BCUT2D eigenvalue weighted by atomic mass is 16.2. The molecule has 0 aliphatic rings. The zero-order valence-corrected chi connectivity index (χ0v) is 12.4. The van der Waals surface area contributed by atoms with Crippen molar-refractivity contribution < 1.29 is 9.59 Å². The number of hydrogen-bond donors (Lipinski definition) is 4. The number of aromatic amines is 1. The molecule has 1 unspecified atom stereocenters. The summed E-state index contributed by atoms with van der Waals surface area (Å²) in [4.78, 5) is 26.9. The fourth-order valence-electron chi connectivity index (χ4n) is 2.02. The minimum absolute atomic E-state index is 0.0351. The SMILES string of the molecule is CC(C)NC(=O)C(C)NC(=O)c1cc2cc(N)ccc2[nH]1. The van der Waals surface area contributed by atoms with E-state index in [1.54, 1.807) is 25.1 Å². The van der Waals surface area contributed by atoms with E-state index >= 15 is 0 Å². The Morgan fingerprint density at radius 1 is 1.14 bits per heavy atom. The number of fused-ring (bicyclic) bond motifs is 1. The first-order chi connectivity index (χ1) is 9.86. The number of carbonyl (C=O) groups excluding carboxylic acids is 2. The van der Waals surface area contributed by atoms with Gasteiger partial charge in [-0.3, -0.25) is 9.59 Å². The fraction of sp³-hybridized carbons (Fsp3) is 0.333. The molecule has 112 valence electrons. The third kappa shape index (κ3) is 3.53. The normalized spacial score (nSPS) is 12.4. The lowest BCUT2D eigenvalue weighted by molar-refractivity contribution is -0.123. The highest BCUT2D eigenvalue weighted by Gasteiger charge is 2.18. The fourth-order valence-corrected chi connectivity index (χ4v) is 2.02. The van der Waals surface area contributed by atoms with Crippen molar-refractivity contribution in [3.8, 4) is 0 Å². The number of nitrogens with two attached hydrogens (primary N) is 1. The highest BCUT2D eigenvalue weighted by molar-refractivity contribution is 6.00. The number of nitrogen functional groups attached to an aromatic ring is 1. The van der Waals surface area contributed by atoms with Crippen molar-refractivity contribution in [1.82, 2.24) is 15.6 Å². The number of aromatic nitrogens is 1. The molecule has 2 amide bonds. The van der Waals surface area contributed by atoms with Crippen LogP contribution >= 0.6 is 0 Å². The summed E-state index contributed by atoms with van der Waals surface area (Å²) in [6, 6.07) is 6.52. The van der Waals surface area contributed by atoms with Crippen molar-refractivity contribution >= 4 is 28.4 Å². The van der Waals surface area contributed by atoms with Crippen molar-refractivity contribution in [2.45, 2.75) is 32.9 Å². The van der Waals surface area contributed by atoms with Crippen LogP contribution in [0, 0.1) is 0 Å². The van der Waals surface area contributed by atoms with Crippen LogP contribution in [0.25, 0.3) is 10.9 Å². The molecule has 2 aromatic rings. The summed E-state index contributed by atoms with van der Waals surface area (Å²) < 4.78 is 0. The van der Waals surface area contributed by atoms with Crippen LogP contribution in [-0.2, 0) is 4.79 Å². The molecule has 6 heteroatoms. The molecular formula is C15H20N4O2. The molecule has 1 atom stereocenters. The number of benzene rings is 1. The molecule has 0 saturated heterocycles. The molecule has 6 nitrogen and oxygen atoms in total. The predicted octanol–water partition coefficient (Wildman–Crippen LogP) is 1.39. The van der Waals surface area contributed by atoms with E-state index in [0.717, 1.165) is 10.9 Å². The molecule has 2 rings (SSSR count). The minimum Gasteiger partial charge on any atom is -0.399 e. The Morgan fingerprint density at radius 2 is 1.86 bits per heavy atom. The van der Waals surface area contributed by atoms with Gasteiger partial charge in [0.1, 0.15) is 11.7 Å². The Morgan fingerprint density at radius 3 is 2.52 bits per heavy atom. The highest BCUT2D eigenvalue weighted by Crippen LogP contribution is 2.18. The first-order valence-corrected chi connectivity index (χ1v) is 6.86. The topological polar surface area (TPSA) is 100 Å². The molecule has 0 aliphatic carbocycles. The second-order valence-corrected chi connectivity index (χ2v) is 5.39. The molecule has 0 aliphatic heterocycles. The van der Waals surface area contributed by atoms with Crippen LogP contribution in [-0.4, -0.2) is 28.9 Å². The van der Waals surface area contributed by atoms with E-state index in [9.17, 15) is 9.59 Å². The summed E-state index contributed by atoms with van der Waals surface area (Å²) in [6.07, 6.45) is 0. The molecule has 21 heavy (non-hydrogen) atoms. The Hall–Kier alpha value is -2.50. The van der Waals surface area contributed by atoms with Crippen molar-refractivity contribution in [2.75, 3.05) is 5.73 Å². The van der Waals surface area contributed by atoms with E-state index in [0.29, 0.717) is 11.4 Å². The summed E-state index contributed by atoms with van der Waals surface area (Å²) in [5.74, 6) is -0.533. The van der Waals surface area contributed by atoms with E-state index in [1.165, 1.54) is 0 Å². The largest absolute Gasteiger partial charge is 0.399 e. The van der Waals surface area contributed by atoms with Crippen molar-refractivity contribution in [2.24, 2.45) is 0 Å². The zero-order chi connectivity index (χ0) is 15.6. The standard InChI is InChI=1S/C15H20N4O2/c1-8(2)17-14(20)9(3)18-15(21)13-7-10-6-11(16)4-5-12(10)19-13/h4-9,19H,16H2,1-3H3,(H,17,20)(H,18,21). The molecular weight excluding hydrogens is 268 g/mol. The number of rotatable bonds is 4. The van der Waals surface area contributed by atoms with Gasteiger partial charge in [0.25, 0.3) is 5.91 Å². The van der Waals surface area contributed by atoms with Crippen LogP contribution in [0.3, 0.4) is 0 Å². The molecule has 1 heterocycles. The molecule has 0 spiro atoms. The summed E-state index contributed by atoms with van der Waals surface area (Å²) in [5, 5.41) is 6.28. The van der Waals surface area contributed by atoms with E-state index in [4.69, 9.17) is 5.73 Å². The lowest BCUT2D eigenvalue weighted by Gasteiger charge is -2.15. The maximum atomic E-state index is 12.1. The van der Waals surface area contributed by atoms with Crippen LogP contribution in [0.1, 0.15) is 31.3 Å². The van der Waals surface area contributed by atoms with Gasteiger partial charge in [-0.1, -0.05) is 0 Å². The van der Waals surface area contributed by atoms with E-state index in [1.807, 2.05) is 19.9 Å². The van der Waals surface area contributed by atoms with Crippen LogP contribution < -0.4 is 16.4 Å². The summed E-state index contributed by atoms with van der Waals surface area (Å²) in [6.45, 7) is 5.39. The van der Waals surface area contributed by atoms with Gasteiger partial charge in [-0.15, -0.1) is 0 Å². The Bertz CT molecular complexity index is 675. The van der Waals surface area contributed by atoms with Crippen molar-refractivity contribution in [3.05, 3.63) is 30.0 Å². The van der Waals surface area contributed by atoms with Gasteiger partial charge in [-0.05, 0) is 45.0 Å². The second-order valence-electron chi connectivity index (χ2n) is 5.39. The lowest BCUT2D eigenvalue weighted by atomic mass is 10.2. The molecule has 0 radical (unpaired) electrons. The van der Waals surface area contributed by atoms with Crippen molar-refractivity contribution in [1.29, 1.82) is 0 Å². The van der Waals surface area contributed by atoms with Crippen molar-refractivity contribution in [3.63, 3.8) is 0 Å². The predicted molar refractivity (Wildman–Crippen MR) is 82.9 cm³/mol. The first kappa shape index (κ1) is 14.9. The molecule has 1 aromatic carbocycles. The van der Waals surface area contributed by atoms with E-state index < -0.39 is 6.04 Å². The van der Waals surface area contributed by atoms with Gasteiger partial charge in [0.05, 0.1) is 0 Å². The van der Waals surface area contributed by atoms with Gasteiger partial charge in [0.15, 0.2) is 0 Å². The van der Waals surface area contributed by atoms with Gasteiger partial charge < -0.3 is 21.4 Å². The summed E-state index contributed by atoms with van der Waals surface area (Å²) in [5.41, 5.74) is 7.58. The molecule has 1 aromatic heterocycles. The number of nitrogens with one attached hydrogen (secondary N) is 3. The second kappa shape index (κ2) is 5.87. The maximum absolute atomic E-state index is 12.1. The zero-order valence-electron chi connectivity index (χ0n) is 12.4. The smallest absolute Gasteiger partial charge is 0.268 e. The van der Waals surface area contributed by atoms with Gasteiger partial charge in [-0.25, -0.2) is 0 Å². The summed E-state index contributed by atoms with van der Waals surface area (Å²) in [7, 11) is 0. The lowest BCUT2D eigenvalue weighted by Crippen LogP contribution is -2.46. The van der Waals surface area contributed by atoms with Gasteiger partial charge in [0.2, 0.25) is 5.91 Å². The maximum Gasteiger partial charge on any atom is 0.268 e. The van der Waals surface area contributed by atoms with Crippen LogP contribution in [0.2, 0.25) is 0 Å². The molecule has 0 bridgehead atoms. The van der Waals surface area contributed by atoms with E-state index in [-0.39, 0.29) is 17.9 Å². The average molecular weight is 288 g/mol. The number of anilines is 1. The summed E-state index contributed by atoms with van der Waals surface area (Å²) >= 11 is 0. The van der Waals surface area contributed by atoms with E-state index in [2.05, 4.69) is 15.6 Å². The van der Waals surface area contributed by atoms with Crippen LogP contribution in [0.15, 0.2) is 24.3 Å². The van der Waals surface area contributed by atoms with Gasteiger partial charge in [-0.2, -0.15) is 0 Å². The number of hydrogen-bond acceptors (Lipinski definition) is 3. The monoisotopic (exact) mass is 288 g/mol. The Labute approximate surface area is 123 Å². The molecule has 0 saturated carbocycles. The molecule has 5 N–H and O–H groups in total. The third-order valence-corrected chi connectivity index (χ3v) is 3.06. The third-order valence-electron chi connectivity index (χ3n) is 3.06.